The van der Waals surface area contributed by atoms with Crippen LogP contribution in [0.3, 0.4) is 0 Å². The van der Waals surface area contributed by atoms with Crippen molar-refractivity contribution in [3.63, 3.8) is 0 Å². The van der Waals surface area contributed by atoms with E-state index in [-0.39, 0.29) is 24.5 Å². The lowest BCUT2D eigenvalue weighted by Crippen LogP contribution is -2.43. The molecule has 1 aromatic rings. The molecule has 1 aliphatic rings. The number of sulfonamides is 1. The Morgan fingerprint density at radius 1 is 1.30 bits per heavy atom. The molecule has 23 heavy (non-hydrogen) atoms. The van der Waals surface area contributed by atoms with E-state index in [4.69, 9.17) is 4.74 Å². The van der Waals surface area contributed by atoms with E-state index in [0.29, 0.717) is 25.1 Å². The molecule has 1 aromatic carbocycles. The summed E-state index contributed by atoms with van der Waals surface area (Å²) in [5, 5.41) is 2.85. The third-order valence-corrected chi connectivity index (χ3v) is 4.99. The molecule has 6 nitrogen and oxygen atoms in total. The average molecular weight is 340 g/mol. The van der Waals surface area contributed by atoms with Crippen molar-refractivity contribution in [3.05, 3.63) is 24.3 Å². The lowest BCUT2D eigenvalue weighted by molar-refractivity contribution is -0.120. The van der Waals surface area contributed by atoms with Gasteiger partial charge >= 0.3 is 0 Å². The summed E-state index contributed by atoms with van der Waals surface area (Å²) < 4.78 is 30.2. The Morgan fingerprint density at radius 2 is 1.96 bits per heavy atom. The number of nitrogens with one attached hydrogen (secondary N) is 1. The van der Waals surface area contributed by atoms with Crippen LogP contribution in [0.5, 0.6) is 5.75 Å². The van der Waals surface area contributed by atoms with Gasteiger partial charge in [0.05, 0.1) is 18.3 Å². The molecule has 1 aliphatic heterocycles. The largest absolute Gasteiger partial charge is 0.491 e. The molecule has 1 fully saturated rings. The molecule has 2 rings (SSSR count). The Balaban J connectivity index is 1.96. The molecule has 1 saturated heterocycles. The van der Waals surface area contributed by atoms with Gasteiger partial charge in [0.15, 0.2) is 0 Å². The molecule has 1 amide bonds. The quantitative estimate of drug-likeness (QED) is 0.890. The predicted octanol–water partition coefficient (Wildman–Crippen LogP) is 2.08. The number of carbonyl (C=O) groups excluding carboxylic acids is 1. The fraction of sp³-hybridized carbons (Fsp3) is 0.562. The Hall–Kier alpha value is -1.60. The van der Waals surface area contributed by atoms with Crippen molar-refractivity contribution in [3.8, 4) is 5.75 Å². The summed E-state index contributed by atoms with van der Waals surface area (Å²) in [6.45, 7) is 4.64. The fourth-order valence-corrected chi connectivity index (χ4v) is 3.50. The van der Waals surface area contributed by atoms with Crippen LogP contribution in [0.4, 0.5) is 5.69 Å². The van der Waals surface area contributed by atoms with E-state index in [1.807, 2.05) is 13.8 Å². The number of piperidine rings is 1. The van der Waals surface area contributed by atoms with Gasteiger partial charge in [-0.1, -0.05) is 0 Å². The zero-order chi connectivity index (χ0) is 17.0. The monoisotopic (exact) mass is 340 g/mol. The third kappa shape index (κ3) is 5.21. The van der Waals surface area contributed by atoms with E-state index in [9.17, 15) is 13.2 Å². The normalized spacial score (nSPS) is 19.6. The number of rotatable bonds is 5. The van der Waals surface area contributed by atoms with Gasteiger partial charge in [0, 0.05) is 18.8 Å². The van der Waals surface area contributed by atoms with Crippen molar-refractivity contribution >= 4 is 21.6 Å². The first-order valence-corrected chi connectivity index (χ1v) is 9.63. The highest BCUT2D eigenvalue weighted by molar-refractivity contribution is 7.88. The van der Waals surface area contributed by atoms with Crippen LogP contribution in [0.15, 0.2) is 24.3 Å². The first-order chi connectivity index (χ1) is 10.8. The zero-order valence-corrected chi connectivity index (χ0v) is 14.6. The van der Waals surface area contributed by atoms with Crippen LogP contribution in [0.25, 0.3) is 0 Å². The summed E-state index contributed by atoms with van der Waals surface area (Å²) in [6, 6.07) is 7.18. The summed E-state index contributed by atoms with van der Waals surface area (Å²) in [5.74, 6) is 0.292. The first kappa shape index (κ1) is 17.7. The van der Waals surface area contributed by atoms with Crippen LogP contribution in [0, 0.1) is 5.92 Å². The second-order valence-electron chi connectivity index (χ2n) is 6.14. The van der Waals surface area contributed by atoms with Gasteiger partial charge in [0.25, 0.3) is 0 Å². The number of ether oxygens (including phenoxy) is 1. The van der Waals surface area contributed by atoms with Gasteiger partial charge in [-0.05, 0) is 51.0 Å². The summed E-state index contributed by atoms with van der Waals surface area (Å²) in [6.07, 6.45) is 2.68. The Labute approximate surface area is 137 Å². The van der Waals surface area contributed by atoms with E-state index in [0.717, 1.165) is 5.75 Å². The third-order valence-electron chi connectivity index (χ3n) is 3.72. The van der Waals surface area contributed by atoms with Crippen molar-refractivity contribution in [2.24, 2.45) is 5.92 Å². The van der Waals surface area contributed by atoms with Crippen molar-refractivity contribution in [1.29, 1.82) is 0 Å². The van der Waals surface area contributed by atoms with Crippen molar-refractivity contribution < 1.29 is 17.9 Å². The van der Waals surface area contributed by atoms with E-state index in [1.165, 1.54) is 10.6 Å². The molecular weight excluding hydrogens is 316 g/mol. The van der Waals surface area contributed by atoms with Crippen LogP contribution in [-0.4, -0.2) is 44.1 Å². The van der Waals surface area contributed by atoms with E-state index >= 15 is 0 Å². The number of anilines is 1. The van der Waals surface area contributed by atoms with Crippen molar-refractivity contribution in [2.75, 3.05) is 24.7 Å². The molecule has 0 aliphatic carbocycles. The number of benzene rings is 1. The van der Waals surface area contributed by atoms with Gasteiger partial charge in [-0.2, -0.15) is 0 Å². The highest BCUT2D eigenvalue weighted by Gasteiger charge is 2.30. The number of hydrogen-bond donors (Lipinski definition) is 1. The van der Waals surface area contributed by atoms with E-state index < -0.39 is 10.0 Å². The zero-order valence-electron chi connectivity index (χ0n) is 13.8. The molecule has 0 aromatic heterocycles. The smallest absolute Gasteiger partial charge is 0.228 e. The second kappa shape index (κ2) is 7.31. The van der Waals surface area contributed by atoms with Crippen LogP contribution in [-0.2, 0) is 14.8 Å². The lowest BCUT2D eigenvalue weighted by Gasteiger charge is -2.30. The van der Waals surface area contributed by atoms with E-state index in [1.54, 1.807) is 24.3 Å². The summed E-state index contributed by atoms with van der Waals surface area (Å²) in [7, 11) is -3.25. The fourth-order valence-electron chi connectivity index (χ4n) is 2.59. The highest BCUT2D eigenvalue weighted by atomic mass is 32.2. The molecule has 1 atom stereocenters. The molecular formula is C16H24N2O4S. The molecule has 1 heterocycles. The van der Waals surface area contributed by atoms with Gasteiger partial charge in [-0.25, -0.2) is 12.7 Å². The maximum atomic E-state index is 12.3. The highest BCUT2D eigenvalue weighted by Crippen LogP contribution is 2.22. The summed E-state index contributed by atoms with van der Waals surface area (Å²) in [4.78, 5) is 12.3. The average Bonchev–Trinajstić information content (AvgIpc) is 2.48. The standard InChI is InChI=1S/C16H24N2O4S/c1-12(2)22-15-8-6-14(7-9-15)17-16(19)13-5-4-10-18(11-13)23(3,20)21/h6-9,12-13H,4-5,10-11H2,1-3H3,(H,17,19)/t13-/m0/s1. The maximum Gasteiger partial charge on any atom is 0.228 e. The molecule has 0 saturated carbocycles. The molecule has 0 radical (unpaired) electrons. The number of nitrogens with zero attached hydrogens (tertiary/aromatic N) is 1. The molecule has 0 bridgehead atoms. The van der Waals surface area contributed by atoms with Crippen molar-refractivity contribution in [1.82, 2.24) is 4.31 Å². The molecule has 128 valence electrons. The van der Waals surface area contributed by atoms with Gasteiger partial charge in [0.2, 0.25) is 15.9 Å². The molecule has 7 heteroatoms. The predicted molar refractivity (Wildman–Crippen MR) is 90.0 cm³/mol. The molecule has 0 unspecified atom stereocenters. The van der Waals surface area contributed by atoms with E-state index in [2.05, 4.69) is 5.32 Å². The number of amides is 1. The van der Waals surface area contributed by atoms with Gasteiger partial charge in [0.1, 0.15) is 5.75 Å². The molecule has 0 spiro atoms. The SMILES string of the molecule is CC(C)Oc1ccc(NC(=O)[C@H]2CCCN(S(C)(=O)=O)C2)cc1. The topological polar surface area (TPSA) is 75.7 Å². The summed E-state index contributed by atoms with van der Waals surface area (Å²) >= 11 is 0. The Kier molecular flexibility index (Phi) is 5.64. The number of hydrogen-bond acceptors (Lipinski definition) is 4. The lowest BCUT2D eigenvalue weighted by atomic mass is 9.99. The minimum atomic E-state index is -3.25. The van der Waals surface area contributed by atoms with Crippen molar-refractivity contribution in [2.45, 2.75) is 32.8 Å². The minimum absolute atomic E-state index is 0.0969. The van der Waals surface area contributed by atoms with Crippen LogP contribution in [0.2, 0.25) is 0 Å². The Bertz CT molecular complexity index is 641. The Morgan fingerprint density at radius 3 is 2.52 bits per heavy atom. The summed E-state index contributed by atoms with van der Waals surface area (Å²) in [5.41, 5.74) is 0.683. The van der Waals surface area contributed by atoms with Gasteiger partial charge in [-0.3, -0.25) is 4.79 Å². The van der Waals surface area contributed by atoms with Crippen LogP contribution < -0.4 is 10.1 Å². The first-order valence-electron chi connectivity index (χ1n) is 7.78. The maximum absolute atomic E-state index is 12.3. The van der Waals surface area contributed by atoms with Crippen LogP contribution in [0.1, 0.15) is 26.7 Å². The number of carbonyl (C=O) groups is 1. The molecule has 1 N–H and O–H groups in total. The van der Waals surface area contributed by atoms with Crippen LogP contribution >= 0.6 is 0 Å². The second-order valence-corrected chi connectivity index (χ2v) is 8.12. The minimum Gasteiger partial charge on any atom is -0.491 e. The van der Waals surface area contributed by atoms with Gasteiger partial charge < -0.3 is 10.1 Å². The van der Waals surface area contributed by atoms with Gasteiger partial charge in [-0.15, -0.1) is 0 Å².